The summed E-state index contributed by atoms with van der Waals surface area (Å²) in [6, 6.07) is 11.8. The summed E-state index contributed by atoms with van der Waals surface area (Å²) in [4.78, 5) is 15.0. The van der Waals surface area contributed by atoms with Gasteiger partial charge in [0.1, 0.15) is 5.82 Å². The van der Waals surface area contributed by atoms with E-state index in [0.717, 1.165) is 11.8 Å². The second-order valence-corrected chi connectivity index (χ2v) is 9.41. The van der Waals surface area contributed by atoms with Crippen molar-refractivity contribution in [3.63, 3.8) is 0 Å². The zero-order chi connectivity index (χ0) is 25.4. The normalized spacial score (nSPS) is 20.7. The van der Waals surface area contributed by atoms with E-state index >= 15 is 0 Å². The highest BCUT2D eigenvalue weighted by Crippen LogP contribution is 2.41. The minimum Gasteiger partial charge on any atom is -0.349 e. The first-order chi connectivity index (χ1) is 16.5. The molecule has 0 bridgehead atoms. The van der Waals surface area contributed by atoms with Crippen LogP contribution in [0.2, 0.25) is 5.02 Å². The van der Waals surface area contributed by atoms with Crippen molar-refractivity contribution in [1.82, 2.24) is 20.0 Å². The smallest absolute Gasteiger partial charge is 0.349 e. The molecule has 1 aliphatic rings. The second kappa shape index (κ2) is 9.62. The highest BCUT2D eigenvalue weighted by Gasteiger charge is 2.42. The van der Waals surface area contributed by atoms with Gasteiger partial charge in [-0.2, -0.15) is 18.3 Å². The van der Waals surface area contributed by atoms with Crippen LogP contribution in [0.15, 0.2) is 54.7 Å². The van der Waals surface area contributed by atoms with Gasteiger partial charge >= 0.3 is 6.18 Å². The van der Waals surface area contributed by atoms with Gasteiger partial charge in [-0.05, 0) is 81.7 Å². The van der Waals surface area contributed by atoms with E-state index in [-0.39, 0.29) is 17.5 Å². The SMILES string of the molecule is CN(C)C1(c2cccc(F)c2)CCC(NC(=O)c2cnn(-c3ccc(Cl)cc3)c2C(F)(F)F)CC1. The zero-order valence-corrected chi connectivity index (χ0v) is 20.0. The molecule has 186 valence electrons. The molecule has 0 saturated heterocycles. The van der Waals surface area contributed by atoms with Gasteiger partial charge < -0.3 is 5.32 Å². The van der Waals surface area contributed by atoms with Crippen molar-refractivity contribution in [1.29, 1.82) is 0 Å². The summed E-state index contributed by atoms with van der Waals surface area (Å²) in [6.07, 6.45) is -1.56. The largest absolute Gasteiger partial charge is 0.434 e. The van der Waals surface area contributed by atoms with Crippen LogP contribution in [0.1, 0.15) is 47.3 Å². The zero-order valence-electron chi connectivity index (χ0n) is 19.2. The Morgan fingerprint density at radius 3 is 2.37 bits per heavy atom. The summed E-state index contributed by atoms with van der Waals surface area (Å²) in [5.41, 5.74) is -1.11. The van der Waals surface area contributed by atoms with Gasteiger partial charge in [0.15, 0.2) is 5.69 Å². The van der Waals surface area contributed by atoms with Crippen LogP contribution >= 0.6 is 11.6 Å². The van der Waals surface area contributed by atoms with Gasteiger partial charge in [-0.3, -0.25) is 9.69 Å². The predicted octanol–water partition coefficient (Wildman–Crippen LogP) is 5.81. The minimum absolute atomic E-state index is 0.143. The summed E-state index contributed by atoms with van der Waals surface area (Å²) < 4.78 is 56.5. The first-order valence-corrected chi connectivity index (χ1v) is 11.5. The van der Waals surface area contributed by atoms with Crippen molar-refractivity contribution in [2.75, 3.05) is 14.1 Å². The third kappa shape index (κ3) is 5.06. The van der Waals surface area contributed by atoms with Crippen LogP contribution in [0.3, 0.4) is 0 Å². The van der Waals surface area contributed by atoms with Gasteiger partial charge in [0.05, 0.1) is 17.4 Å². The molecule has 1 amide bonds. The molecule has 3 aromatic rings. The number of carbonyl (C=O) groups excluding carboxylic acids is 1. The van der Waals surface area contributed by atoms with E-state index in [0.29, 0.717) is 35.4 Å². The number of halogens is 5. The molecule has 4 rings (SSSR count). The fourth-order valence-electron chi connectivity index (χ4n) is 4.84. The Hall–Kier alpha value is -2.91. The molecule has 0 unspecified atom stereocenters. The van der Waals surface area contributed by atoms with E-state index in [4.69, 9.17) is 11.6 Å². The number of benzene rings is 2. The molecule has 1 saturated carbocycles. The Morgan fingerprint density at radius 2 is 1.80 bits per heavy atom. The van der Waals surface area contributed by atoms with Crippen LogP contribution in [-0.4, -0.2) is 40.7 Å². The molecule has 0 atom stereocenters. The molecule has 1 N–H and O–H groups in total. The Labute approximate surface area is 205 Å². The van der Waals surface area contributed by atoms with Crippen LogP contribution in [0.5, 0.6) is 0 Å². The Morgan fingerprint density at radius 1 is 1.14 bits per heavy atom. The topological polar surface area (TPSA) is 50.2 Å². The van der Waals surface area contributed by atoms with Gasteiger partial charge in [-0.15, -0.1) is 0 Å². The number of nitrogens with one attached hydrogen (secondary N) is 1. The Bertz CT molecular complexity index is 1200. The van der Waals surface area contributed by atoms with E-state index in [1.165, 1.54) is 36.4 Å². The molecule has 10 heteroatoms. The minimum atomic E-state index is -4.80. The molecule has 35 heavy (non-hydrogen) atoms. The Kier molecular flexibility index (Phi) is 6.92. The quantitative estimate of drug-likeness (QED) is 0.442. The summed E-state index contributed by atoms with van der Waals surface area (Å²) in [5, 5.41) is 6.97. The Balaban J connectivity index is 1.54. The predicted molar refractivity (Wildman–Crippen MR) is 125 cm³/mol. The maximum Gasteiger partial charge on any atom is 0.434 e. The van der Waals surface area contributed by atoms with E-state index in [9.17, 15) is 22.4 Å². The molecular formula is C25H25ClF4N4O. The van der Waals surface area contributed by atoms with E-state index in [2.05, 4.69) is 10.4 Å². The molecule has 1 aliphatic carbocycles. The van der Waals surface area contributed by atoms with Gasteiger partial charge in [-0.25, -0.2) is 9.07 Å². The molecule has 1 fully saturated rings. The number of amides is 1. The van der Waals surface area contributed by atoms with Gasteiger partial charge in [0, 0.05) is 16.6 Å². The van der Waals surface area contributed by atoms with Crippen molar-refractivity contribution in [3.8, 4) is 5.69 Å². The van der Waals surface area contributed by atoms with Crippen LogP contribution in [0.4, 0.5) is 17.6 Å². The first kappa shape index (κ1) is 25.2. The summed E-state index contributed by atoms with van der Waals surface area (Å²) in [5.74, 6) is -1.15. The maximum absolute atomic E-state index is 14.0. The summed E-state index contributed by atoms with van der Waals surface area (Å²) >= 11 is 5.84. The third-order valence-corrected chi connectivity index (χ3v) is 6.97. The van der Waals surface area contributed by atoms with Crippen LogP contribution in [0, 0.1) is 5.82 Å². The molecule has 2 aromatic carbocycles. The molecular weight excluding hydrogens is 484 g/mol. The molecule has 1 heterocycles. The van der Waals surface area contributed by atoms with Crippen LogP contribution in [-0.2, 0) is 11.7 Å². The van der Waals surface area contributed by atoms with Crippen molar-refractivity contribution in [2.45, 2.75) is 43.4 Å². The average molecular weight is 509 g/mol. The second-order valence-electron chi connectivity index (χ2n) is 8.98. The number of hydrogen-bond donors (Lipinski definition) is 1. The molecule has 5 nitrogen and oxygen atoms in total. The number of nitrogens with zero attached hydrogens (tertiary/aromatic N) is 3. The van der Waals surface area contributed by atoms with Crippen molar-refractivity contribution >= 4 is 17.5 Å². The third-order valence-electron chi connectivity index (χ3n) is 6.72. The molecule has 0 aliphatic heterocycles. The summed E-state index contributed by atoms with van der Waals surface area (Å²) in [6.45, 7) is 0. The summed E-state index contributed by atoms with van der Waals surface area (Å²) in [7, 11) is 3.84. The highest BCUT2D eigenvalue weighted by atomic mass is 35.5. The lowest BCUT2D eigenvalue weighted by molar-refractivity contribution is -0.143. The van der Waals surface area contributed by atoms with E-state index in [1.807, 2.05) is 25.1 Å². The number of carbonyl (C=O) groups is 1. The lowest BCUT2D eigenvalue weighted by atomic mass is 9.74. The fourth-order valence-corrected chi connectivity index (χ4v) is 4.97. The lowest BCUT2D eigenvalue weighted by Crippen LogP contribution is -2.48. The standard InChI is InChI=1S/C25H25ClF4N4O/c1-33(2)24(16-4-3-5-18(27)14-16)12-10-19(11-13-24)32-23(35)21-15-31-34(22(21)25(28,29)30)20-8-6-17(26)7-9-20/h3-9,14-15,19H,10-13H2,1-2H3,(H,32,35). The van der Waals surface area contributed by atoms with Gasteiger partial charge in [0.2, 0.25) is 0 Å². The van der Waals surface area contributed by atoms with Gasteiger partial charge in [0.25, 0.3) is 5.91 Å². The molecule has 1 aromatic heterocycles. The highest BCUT2D eigenvalue weighted by molar-refractivity contribution is 6.30. The van der Waals surface area contributed by atoms with Crippen molar-refractivity contribution < 1.29 is 22.4 Å². The van der Waals surface area contributed by atoms with Crippen LogP contribution < -0.4 is 5.32 Å². The van der Waals surface area contributed by atoms with Gasteiger partial charge in [-0.1, -0.05) is 23.7 Å². The average Bonchev–Trinajstić information content (AvgIpc) is 3.26. The molecule has 0 radical (unpaired) electrons. The lowest BCUT2D eigenvalue weighted by Gasteiger charge is -2.45. The van der Waals surface area contributed by atoms with E-state index in [1.54, 1.807) is 6.07 Å². The fraction of sp³-hybridized carbons (Fsp3) is 0.360. The monoisotopic (exact) mass is 508 g/mol. The number of alkyl halides is 3. The van der Waals surface area contributed by atoms with Crippen LogP contribution in [0.25, 0.3) is 5.69 Å². The van der Waals surface area contributed by atoms with Crippen molar-refractivity contribution in [2.24, 2.45) is 0 Å². The maximum atomic E-state index is 14.0. The van der Waals surface area contributed by atoms with E-state index < -0.39 is 28.9 Å². The number of aromatic nitrogens is 2. The molecule has 0 spiro atoms. The van der Waals surface area contributed by atoms with Crippen molar-refractivity contribution in [3.05, 3.63) is 82.4 Å². The number of hydrogen-bond acceptors (Lipinski definition) is 3. The number of rotatable bonds is 5. The first-order valence-electron chi connectivity index (χ1n) is 11.2.